The molecule has 21 heavy (non-hydrogen) atoms. The zero-order valence-electron chi connectivity index (χ0n) is 13.8. The van der Waals surface area contributed by atoms with E-state index in [0.29, 0.717) is 18.0 Å². The fourth-order valence-corrected chi connectivity index (χ4v) is 3.97. The summed E-state index contributed by atoms with van der Waals surface area (Å²) in [6.45, 7) is 10.1. The van der Waals surface area contributed by atoms with Gasteiger partial charge in [-0.25, -0.2) is 0 Å². The molecule has 1 aromatic rings. The number of rotatable bonds is 2. The van der Waals surface area contributed by atoms with Crippen molar-refractivity contribution in [1.29, 1.82) is 0 Å². The Morgan fingerprint density at radius 1 is 1.24 bits per heavy atom. The maximum Gasteiger partial charge on any atom is 0.150 e. The Morgan fingerprint density at radius 3 is 2.67 bits per heavy atom. The van der Waals surface area contributed by atoms with Gasteiger partial charge in [-0.1, -0.05) is 20.3 Å². The average Bonchev–Trinajstić information content (AvgIpc) is 2.74. The molecule has 2 atom stereocenters. The number of aromatic nitrogens is 2. The zero-order chi connectivity index (χ0) is 15.1. The lowest BCUT2D eigenvalue weighted by Crippen LogP contribution is -2.59. The summed E-state index contributed by atoms with van der Waals surface area (Å²) in [6.07, 6.45) is 4.04. The molecule has 0 radical (unpaired) electrons. The maximum atomic E-state index is 6.43. The molecule has 2 aliphatic rings. The first-order valence-electron chi connectivity index (χ1n) is 8.32. The highest BCUT2D eigenvalue weighted by molar-refractivity contribution is 5.67. The van der Waals surface area contributed by atoms with Gasteiger partial charge in [-0.05, 0) is 32.2 Å². The molecular formula is C16H29N5. The fourth-order valence-electron chi connectivity index (χ4n) is 3.97. The lowest BCUT2D eigenvalue weighted by atomic mass is 9.97. The fraction of sp³-hybridized carbons (Fsp3) is 0.812. The van der Waals surface area contributed by atoms with Crippen LogP contribution in [0.25, 0.3) is 0 Å². The molecule has 0 spiro atoms. The summed E-state index contributed by atoms with van der Waals surface area (Å²) in [5, 5.41) is 4.66. The van der Waals surface area contributed by atoms with Crippen LogP contribution in [0.2, 0.25) is 0 Å². The second-order valence-electron chi connectivity index (χ2n) is 7.05. The summed E-state index contributed by atoms with van der Waals surface area (Å²) in [6, 6.07) is 1.18. The van der Waals surface area contributed by atoms with Gasteiger partial charge in [0.1, 0.15) is 0 Å². The van der Waals surface area contributed by atoms with Crippen LogP contribution in [0.4, 0.5) is 11.5 Å². The third-order valence-corrected chi connectivity index (χ3v) is 5.09. The second kappa shape index (κ2) is 5.52. The van der Waals surface area contributed by atoms with Gasteiger partial charge < -0.3 is 10.6 Å². The molecule has 0 bridgehead atoms. The minimum Gasteiger partial charge on any atom is -0.394 e. The van der Waals surface area contributed by atoms with E-state index >= 15 is 0 Å². The molecule has 2 unspecified atom stereocenters. The lowest BCUT2D eigenvalue weighted by molar-refractivity contribution is 0.115. The first-order chi connectivity index (χ1) is 9.99. The minimum atomic E-state index is 0.372. The Bertz CT molecular complexity index is 507. The number of anilines is 2. The summed E-state index contributed by atoms with van der Waals surface area (Å²) in [4.78, 5) is 5.15. The summed E-state index contributed by atoms with van der Waals surface area (Å²) in [5.41, 5.74) is 8.34. The first-order valence-corrected chi connectivity index (χ1v) is 8.32. The molecule has 5 heteroatoms. The number of hydrogen-bond donors (Lipinski definition) is 1. The van der Waals surface area contributed by atoms with E-state index in [1.54, 1.807) is 0 Å². The number of piperazine rings is 1. The van der Waals surface area contributed by atoms with Gasteiger partial charge in [0.15, 0.2) is 5.82 Å². The van der Waals surface area contributed by atoms with Gasteiger partial charge >= 0.3 is 0 Å². The molecule has 2 N–H and O–H groups in total. The van der Waals surface area contributed by atoms with Crippen molar-refractivity contribution in [2.45, 2.75) is 58.0 Å². The molecule has 1 aromatic heterocycles. The largest absolute Gasteiger partial charge is 0.394 e. The Kier molecular flexibility index (Phi) is 3.86. The van der Waals surface area contributed by atoms with E-state index in [1.807, 2.05) is 11.7 Å². The topological polar surface area (TPSA) is 50.3 Å². The van der Waals surface area contributed by atoms with E-state index in [1.165, 1.54) is 25.8 Å². The molecule has 2 aliphatic heterocycles. The molecule has 0 saturated carbocycles. The van der Waals surface area contributed by atoms with E-state index in [0.717, 1.165) is 30.3 Å². The number of nitrogens with two attached hydrogens (primary N) is 1. The predicted octanol–water partition coefficient (Wildman–Crippen LogP) is 2.19. The molecular weight excluding hydrogens is 262 g/mol. The summed E-state index contributed by atoms with van der Waals surface area (Å²) < 4.78 is 1.99. The molecule has 0 aromatic carbocycles. The molecule has 0 aliphatic carbocycles. The number of aryl methyl sites for hydroxylation is 1. The van der Waals surface area contributed by atoms with Gasteiger partial charge in [-0.15, -0.1) is 0 Å². The number of fused-ring (bicyclic) bond motifs is 1. The SMILES string of the molecule is CC(C)c1nn(C)c(N2CC3CCCCN3CC2C)c1N. The predicted molar refractivity (Wildman–Crippen MR) is 87.7 cm³/mol. The highest BCUT2D eigenvalue weighted by atomic mass is 15.4. The van der Waals surface area contributed by atoms with Gasteiger partial charge in [-0.3, -0.25) is 9.58 Å². The van der Waals surface area contributed by atoms with Crippen LogP contribution in [0.3, 0.4) is 0 Å². The molecule has 0 amide bonds. The first kappa shape index (κ1) is 14.7. The van der Waals surface area contributed by atoms with Gasteiger partial charge in [0.2, 0.25) is 0 Å². The molecule has 3 heterocycles. The van der Waals surface area contributed by atoms with Crippen molar-refractivity contribution in [1.82, 2.24) is 14.7 Å². The second-order valence-corrected chi connectivity index (χ2v) is 7.05. The maximum absolute atomic E-state index is 6.43. The van der Waals surface area contributed by atoms with Crippen molar-refractivity contribution in [3.05, 3.63) is 5.69 Å². The van der Waals surface area contributed by atoms with E-state index < -0.39 is 0 Å². The van der Waals surface area contributed by atoms with Crippen LogP contribution in [0.5, 0.6) is 0 Å². The molecule has 5 nitrogen and oxygen atoms in total. The van der Waals surface area contributed by atoms with Crippen LogP contribution in [-0.4, -0.2) is 46.4 Å². The summed E-state index contributed by atoms with van der Waals surface area (Å²) >= 11 is 0. The van der Waals surface area contributed by atoms with Gasteiger partial charge in [-0.2, -0.15) is 5.10 Å². The lowest BCUT2D eigenvalue weighted by Gasteiger charge is -2.48. The van der Waals surface area contributed by atoms with Crippen molar-refractivity contribution >= 4 is 11.5 Å². The van der Waals surface area contributed by atoms with Crippen LogP contribution in [0.15, 0.2) is 0 Å². The zero-order valence-corrected chi connectivity index (χ0v) is 13.8. The molecule has 2 fully saturated rings. The molecule has 118 valence electrons. The van der Waals surface area contributed by atoms with E-state index in [4.69, 9.17) is 5.73 Å². The van der Waals surface area contributed by atoms with Crippen LogP contribution in [0.1, 0.15) is 51.6 Å². The number of nitrogens with zero attached hydrogens (tertiary/aromatic N) is 4. The molecule has 2 saturated heterocycles. The highest BCUT2D eigenvalue weighted by Gasteiger charge is 2.35. The van der Waals surface area contributed by atoms with Crippen molar-refractivity contribution < 1.29 is 0 Å². The summed E-state index contributed by atoms with van der Waals surface area (Å²) in [5.74, 6) is 1.49. The standard InChI is InChI=1S/C16H29N5/c1-11(2)15-14(17)16(19(4)18-15)21-10-13-7-5-6-8-20(13)9-12(21)3/h11-13H,5-10,17H2,1-4H3. The Labute approximate surface area is 128 Å². The van der Waals surface area contributed by atoms with Gasteiger partial charge in [0, 0.05) is 32.2 Å². The van der Waals surface area contributed by atoms with Crippen LogP contribution in [0, 0.1) is 0 Å². The highest BCUT2D eigenvalue weighted by Crippen LogP contribution is 2.35. The van der Waals surface area contributed by atoms with Crippen LogP contribution >= 0.6 is 0 Å². The third-order valence-electron chi connectivity index (χ3n) is 5.09. The van der Waals surface area contributed by atoms with E-state index in [9.17, 15) is 0 Å². The van der Waals surface area contributed by atoms with E-state index in [-0.39, 0.29) is 0 Å². The normalized spacial score (nSPS) is 27.2. The van der Waals surface area contributed by atoms with Crippen LogP contribution < -0.4 is 10.6 Å². The molecule has 3 rings (SSSR count). The Hall–Kier alpha value is -1.23. The van der Waals surface area contributed by atoms with Crippen molar-refractivity contribution in [2.75, 3.05) is 30.3 Å². The van der Waals surface area contributed by atoms with Crippen molar-refractivity contribution in [3.8, 4) is 0 Å². The van der Waals surface area contributed by atoms with Gasteiger partial charge in [0.25, 0.3) is 0 Å². The summed E-state index contributed by atoms with van der Waals surface area (Å²) in [7, 11) is 2.03. The third kappa shape index (κ3) is 2.52. The number of hydrogen-bond acceptors (Lipinski definition) is 4. The smallest absolute Gasteiger partial charge is 0.150 e. The van der Waals surface area contributed by atoms with Crippen molar-refractivity contribution in [2.24, 2.45) is 7.05 Å². The number of piperidine rings is 1. The van der Waals surface area contributed by atoms with Crippen LogP contribution in [-0.2, 0) is 7.05 Å². The monoisotopic (exact) mass is 291 g/mol. The quantitative estimate of drug-likeness (QED) is 0.907. The number of nitrogen functional groups attached to an aromatic ring is 1. The average molecular weight is 291 g/mol. The Morgan fingerprint density at radius 2 is 2.00 bits per heavy atom. The van der Waals surface area contributed by atoms with Crippen molar-refractivity contribution in [3.63, 3.8) is 0 Å². The Balaban J connectivity index is 1.89. The van der Waals surface area contributed by atoms with E-state index in [2.05, 4.69) is 35.7 Å². The minimum absolute atomic E-state index is 0.372. The van der Waals surface area contributed by atoms with Gasteiger partial charge in [0.05, 0.1) is 11.4 Å².